The zero-order chi connectivity index (χ0) is 14.8. The molecule has 104 valence electrons. The SMILES string of the molecule is O=C(O)c1cc(Cn2ncc3ccccc3c2=O)ccn1. The van der Waals surface area contributed by atoms with Gasteiger partial charge in [0.1, 0.15) is 5.69 Å². The molecule has 0 bridgehead atoms. The molecule has 21 heavy (non-hydrogen) atoms. The summed E-state index contributed by atoms with van der Waals surface area (Å²) in [6, 6.07) is 10.3. The van der Waals surface area contributed by atoms with Crippen molar-refractivity contribution < 1.29 is 9.90 Å². The van der Waals surface area contributed by atoms with E-state index in [1.165, 1.54) is 16.9 Å². The number of aromatic nitrogens is 3. The van der Waals surface area contributed by atoms with Crippen molar-refractivity contribution >= 4 is 16.7 Å². The van der Waals surface area contributed by atoms with Crippen LogP contribution >= 0.6 is 0 Å². The second-order valence-electron chi connectivity index (χ2n) is 4.55. The molecule has 0 saturated heterocycles. The fourth-order valence-corrected chi connectivity index (χ4v) is 2.10. The van der Waals surface area contributed by atoms with Crippen molar-refractivity contribution in [1.29, 1.82) is 0 Å². The molecule has 0 saturated carbocycles. The van der Waals surface area contributed by atoms with Gasteiger partial charge in [0.05, 0.1) is 18.1 Å². The Labute approximate surface area is 119 Å². The number of rotatable bonds is 3. The minimum atomic E-state index is -1.10. The van der Waals surface area contributed by atoms with E-state index < -0.39 is 5.97 Å². The molecule has 0 unspecified atom stereocenters. The van der Waals surface area contributed by atoms with E-state index in [9.17, 15) is 9.59 Å². The Morgan fingerprint density at radius 2 is 2.05 bits per heavy atom. The van der Waals surface area contributed by atoms with Crippen LogP contribution in [-0.4, -0.2) is 25.8 Å². The van der Waals surface area contributed by atoms with E-state index in [-0.39, 0.29) is 17.8 Å². The minimum Gasteiger partial charge on any atom is -0.477 e. The Morgan fingerprint density at radius 1 is 1.24 bits per heavy atom. The molecule has 0 aliphatic carbocycles. The van der Waals surface area contributed by atoms with Gasteiger partial charge in [-0.2, -0.15) is 5.10 Å². The lowest BCUT2D eigenvalue weighted by Gasteiger charge is -2.06. The molecule has 6 heteroatoms. The van der Waals surface area contributed by atoms with Crippen molar-refractivity contribution in [3.05, 3.63) is 70.4 Å². The van der Waals surface area contributed by atoms with E-state index in [4.69, 9.17) is 5.11 Å². The number of carboxylic acid groups (broad SMARTS) is 1. The number of hydrogen-bond acceptors (Lipinski definition) is 4. The second-order valence-corrected chi connectivity index (χ2v) is 4.55. The van der Waals surface area contributed by atoms with Gasteiger partial charge in [-0.25, -0.2) is 14.5 Å². The molecule has 0 spiro atoms. The third-order valence-electron chi connectivity index (χ3n) is 3.14. The van der Waals surface area contributed by atoms with Crippen molar-refractivity contribution in [2.45, 2.75) is 6.54 Å². The molecular formula is C15H11N3O3. The molecule has 3 rings (SSSR count). The molecule has 1 N–H and O–H groups in total. The normalized spacial score (nSPS) is 10.7. The lowest BCUT2D eigenvalue weighted by molar-refractivity contribution is 0.0690. The first-order valence-corrected chi connectivity index (χ1v) is 6.28. The zero-order valence-corrected chi connectivity index (χ0v) is 10.9. The summed E-state index contributed by atoms with van der Waals surface area (Å²) in [4.78, 5) is 27.0. The highest BCUT2D eigenvalue weighted by atomic mass is 16.4. The number of carbonyl (C=O) groups is 1. The van der Waals surface area contributed by atoms with Gasteiger partial charge in [0, 0.05) is 11.6 Å². The van der Waals surface area contributed by atoms with Gasteiger partial charge in [0.25, 0.3) is 5.56 Å². The predicted octanol–water partition coefficient (Wildman–Crippen LogP) is 1.54. The number of fused-ring (bicyclic) bond motifs is 1. The number of pyridine rings is 1. The maximum absolute atomic E-state index is 12.3. The van der Waals surface area contributed by atoms with Crippen LogP contribution in [0.5, 0.6) is 0 Å². The summed E-state index contributed by atoms with van der Waals surface area (Å²) >= 11 is 0. The third kappa shape index (κ3) is 2.51. The fourth-order valence-electron chi connectivity index (χ4n) is 2.10. The zero-order valence-electron chi connectivity index (χ0n) is 10.9. The lowest BCUT2D eigenvalue weighted by Crippen LogP contribution is -2.23. The smallest absolute Gasteiger partial charge is 0.354 e. The Kier molecular flexibility index (Phi) is 3.19. The molecule has 0 aliphatic heterocycles. The fraction of sp³-hybridized carbons (Fsp3) is 0.0667. The molecule has 1 aromatic carbocycles. The molecule has 0 aliphatic rings. The average molecular weight is 281 g/mol. The predicted molar refractivity (Wildman–Crippen MR) is 76.3 cm³/mol. The van der Waals surface area contributed by atoms with Crippen molar-refractivity contribution in [2.75, 3.05) is 0 Å². The van der Waals surface area contributed by atoms with Crippen LogP contribution in [0, 0.1) is 0 Å². The number of nitrogens with zero attached hydrogens (tertiary/aromatic N) is 3. The highest BCUT2D eigenvalue weighted by Crippen LogP contribution is 2.08. The van der Waals surface area contributed by atoms with Gasteiger partial charge in [0.15, 0.2) is 0 Å². The van der Waals surface area contributed by atoms with Crippen LogP contribution in [0.15, 0.2) is 53.6 Å². The molecule has 0 fully saturated rings. The van der Waals surface area contributed by atoms with Crippen LogP contribution in [0.4, 0.5) is 0 Å². The van der Waals surface area contributed by atoms with Gasteiger partial charge in [-0.3, -0.25) is 4.79 Å². The van der Waals surface area contributed by atoms with Crippen LogP contribution in [0.1, 0.15) is 16.1 Å². The van der Waals surface area contributed by atoms with Gasteiger partial charge in [-0.15, -0.1) is 0 Å². The summed E-state index contributed by atoms with van der Waals surface area (Å²) in [6.07, 6.45) is 3.03. The molecule has 3 aromatic rings. The first-order chi connectivity index (χ1) is 10.1. The first-order valence-electron chi connectivity index (χ1n) is 6.28. The Bertz CT molecular complexity index is 886. The van der Waals surface area contributed by atoms with E-state index in [1.54, 1.807) is 24.4 Å². The number of carboxylic acids is 1. The van der Waals surface area contributed by atoms with Crippen LogP contribution in [0.2, 0.25) is 0 Å². The molecule has 0 radical (unpaired) electrons. The highest BCUT2D eigenvalue weighted by molar-refractivity contribution is 5.85. The van der Waals surface area contributed by atoms with Crippen molar-refractivity contribution in [2.24, 2.45) is 0 Å². The second kappa shape index (κ2) is 5.16. The summed E-state index contributed by atoms with van der Waals surface area (Å²) in [5.74, 6) is -1.10. The molecule has 2 aromatic heterocycles. The van der Waals surface area contributed by atoms with Gasteiger partial charge in [0.2, 0.25) is 0 Å². The topological polar surface area (TPSA) is 85.1 Å². The van der Waals surface area contributed by atoms with Crippen LogP contribution < -0.4 is 5.56 Å². The van der Waals surface area contributed by atoms with Gasteiger partial charge in [-0.1, -0.05) is 18.2 Å². The van der Waals surface area contributed by atoms with E-state index >= 15 is 0 Å². The molecule has 2 heterocycles. The van der Waals surface area contributed by atoms with Crippen LogP contribution in [-0.2, 0) is 6.54 Å². The first kappa shape index (κ1) is 13.0. The monoisotopic (exact) mass is 281 g/mol. The maximum Gasteiger partial charge on any atom is 0.354 e. The molecule has 6 nitrogen and oxygen atoms in total. The molecular weight excluding hydrogens is 270 g/mol. The molecule has 0 atom stereocenters. The Balaban J connectivity index is 2.02. The van der Waals surface area contributed by atoms with Crippen molar-refractivity contribution in [1.82, 2.24) is 14.8 Å². The standard InChI is InChI=1S/C15H11N3O3/c19-14-12-4-2-1-3-11(12)8-17-18(14)9-10-5-6-16-13(7-10)15(20)21/h1-8H,9H2,(H,20,21). The lowest BCUT2D eigenvalue weighted by atomic mass is 10.2. The van der Waals surface area contributed by atoms with Crippen molar-refractivity contribution in [3.63, 3.8) is 0 Å². The maximum atomic E-state index is 12.3. The summed E-state index contributed by atoms with van der Waals surface area (Å²) in [7, 11) is 0. The highest BCUT2D eigenvalue weighted by Gasteiger charge is 2.08. The van der Waals surface area contributed by atoms with Gasteiger partial charge < -0.3 is 5.11 Å². The number of benzene rings is 1. The van der Waals surface area contributed by atoms with E-state index in [0.717, 1.165) is 5.39 Å². The summed E-state index contributed by atoms with van der Waals surface area (Å²) in [5.41, 5.74) is 0.399. The Hall–Kier alpha value is -3.02. The Morgan fingerprint density at radius 3 is 2.86 bits per heavy atom. The summed E-state index contributed by atoms with van der Waals surface area (Å²) < 4.78 is 1.31. The summed E-state index contributed by atoms with van der Waals surface area (Å²) in [6.45, 7) is 0.201. The van der Waals surface area contributed by atoms with Gasteiger partial charge >= 0.3 is 5.97 Å². The quantitative estimate of drug-likeness (QED) is 0.787. The summed E-state index contributed by atoms with van der Waals surface area (Å²) in [5, 5.41) is 14.4. The van der Waals surface area contributed by atoms with Crippen LogP contribution in [0.3, 0.4) is 0 Å². The molecule has 0 amide bonds. The average Bonchev–Trinajstić information content (AvgIpc) is 2.51. The van der Waals surface area contributed by atoms with Gasteiger partial charge in [-0.05, 0) is 23.8 Å². The van der Waals surface area contributed by atoms with E-state index in [0.29, 0.717) is 10.9 Å². The minimum absolute atomic E-state index is 0.0543. The van der Waals surface area contributed by atoms with Crippen molar-refractivity contribution in [3.8, 4) is 0 Å². The van der Waals surface area contributed by atoms with E-state index in [1.807, 2.05) is 12.1 Å². The largest absolute Gasteiger partial charge is 0.477 e. The number of aromatic carboxylic acids is 1. The number of hydrogen-bond donors (Lipinski definition) is 1. The third-order valence-corrected chi connectivity index (χ3v) is 3.14. The van der Waals surface area contributed by atoms with E-state index in [2.05, 4.69) is 10.1 Å². The van der Waals surface area contributed by atoms with Crippen LogP contribution in [0.25, 0.3) is 10.8 Å².